The van der Waals surface area contributed by atoms with Gasteiger partial charge in [-0.05, 0) is 12.1 Å². The van der Waals surface area contributed by atoms with Gasteiger partial charge in [-0.3, -0.25) is 9.78 Å². The average Bonchev–Trinajstić information content (AvgIpc) is 2.87. The van der Waals surface area contributed by atoms with Crippen LogP contribution in [0, 0.1) is 5.92 Å². The Hall–Kier alpha value is -1.28. The van der Waals surface area contributed by atoms with Crippen LogP contribution in [0.1, 0.15) is 6.92 Å². The van der Waals surface area contributed by atoms with Gasteiger partial charge in [0.2, 0.25) is 11.0 Å². The first-order valence-corrected chi connectivity index (χ1v) is 6.28. The first kappa shape index (κ1) is 18.7. The van der Waals surface area contributed by atoms with Crippen molar-refractivity contribution in [1.29, 1.82) is 0 Å². The molecule has 2 rings (SSSR count). The number of anilines is 1. The van der Waals surface area contributed by atoms with Gasteiger partial charge >= 0.3 is 0 Å². The second-order valence-electron chi connectivity index (χ2n) is 3.75. The summed E-state index contributed by atoms with van der Waals surface area (Å²) in [5.74, 6) is -0.395. The highest BCUT2D eigenvalue weighted by molar-refractivity contribution is 7.18. The quantitative estimate of drug-likeness (QED) is 0.890. The molecule has 9 heteroatoms. The zero-order valence-electron chi connectivity index (χ0n) is 10.6. The highest BCUT2D eigenvalue weighted by Crippen LogP contribution is 2.24. The van der Waals surface area contributed by atoms with Crippen molar-refractivity contribution in [2.75, 3.05) is 11.9 Å². The van der Waals surface area contributed by atoms with Gasteiger partial charge in [-0.1, -0.05) is 24.3 Å². The number of aromatic nitrogens is 3. The van der Waals surface area contributed by atoms with E-state index in [9.17, 15) is 4.79 Å². The Kier molecular flexibility index (Phi) is 8.24. The molecular formula is C11H15Cl2N5OS. The number of nitrogens with zero attached hydrogens (tertiary/aromatic N) is 3. The molecule has 2 aromatic heterocycles. The molecule has 2 aromatic rings. The highest BCUT2D eigenvalue weighted by Gasteiger charge is 2.14. The van der Waals surface area contributed by atoms with E-state index in [1.165, 1.54) is 11.3 Å². The SMILES string of the molecule is CC(CN)C(=O)Nc1nnc(-c2ccccn2)s1.Cl.Cl. The maximum absolute atomic E-state index is 11.6. The van der Waals surface area contributed by atoms with Gasteiger partial charge in [-0.15, -0.1) is 35.0 Å². The lowest BCUT2D eigenvalue weighted by molar-refractivity contribution is -0.119. The fraction of sp³-hybridized carbons (Fsp3) is 0.273. The molecule has 1 unspecified atom stereocenters. The second kappa shape index (κ2) is 8.80. The van der Waals surface area contributed by atoms with Crippen LogP contribution in [0.2, 0.25) is 0 Å². The Morgan fingerprint density at radius 3 is 2.75 bits per heavy atom. The molecular weight excluding hydrogens is 321 g/mol. The van der Waals surface area contributed by atoms with Gasteiger partial charge in [0.15, 0.2) is 5.01 Å². The van der Waals surface area contributed by atoms with Crippen LogP contribution in [-0.4, -0.2) is 27.6 Å². The standard InChI is InChI=1S/C11H13N5OS.2ClH/c1-7(6-12)9(17)14-11-16-15-10(18-11)8-4-2-3-5-13-8;;/h2-5,7H,6,12H2,1H3,(H,14,16,17);2*1H. The van der Waals surface area contributed by atoms with Crippen LogP contribution in [0.3, 0.4) is 0 Å². The van der Waals surface area contributed by atoms with Crippen molar-refractivity contribution in [2.45, 2.75) is 6.92 Å². The van der Waals surface area contributed by atoms with Crippen molar-refractivity contribution in [3.05, 3.63) is 24.4 Å². The van der Waals surface area contributed by atoms with E-state index in [2.05, 4.69) is 20.5 Å². The van der Waals surface area contributed by atoms with Crippen LogP contribution < -0.4 is 11.1 Å². The number of nitrogens with one attached hydrogen (secondary N) is 1. The summed E-state index contributed by atoms with van der Waals surface area (Å²) in [5.41, 5.74) is 6.16. The van der Waals surface area contributed by atoms with Gasteiger partial charge in [0.1, 0.15) is 5.69 Å². The lowest BCUT2D eigenvalue weighted by Gasteiger charge is -2.05. The van der Waals surface area contributed by atoms with E-state index < -0.39 is 0 Å². The summed E-state index contributed by atoms with van der Waals surface area (Å²) in [6.45, 7) is 2.06. The van der Waals surface area contributed by atoms with Crippen molar-refractivity contribution < 1.29 is 4.79 Å². The number of nitrogens with two attached hydrogens (primary N) is 1. The summed E-state index contributed by atoms with van der Waals surface area (Å²) in [6.07, 6.45) is 1.69. The molecule has 0 fully saturated rings. The molecule has 2 heterocycles. The number of hydrogen-bond acceptors (Lipinski definition) is 6. The van der Waals surface area contributed by atoms with Gasteiger partial charge in [-0.25, -0.2) is 0 Å². The number of amides is 1. The minimum atomic E-state index is -0.243. The molecule has 20 heavy (non-hydrogen) atoms. The van der Waals surface area contributed by atoms with Crippen LogP contribution in [0.5, 0.6) is 0 Å². The molecule has 0 saturated carbocycles. The zero-order chi connectivity index (χ0) is 13.0. The van der Waals surface area contributed by atoms with E-state index in [1.54, 1.807) is 13.1 Å². The third kappa shape index (κ3) is 4.68. The summed E-state index contributed by atoms with van der Waals surface area (Å²) in [5, 5.41) is 11.7. The van der Waals surface area contributed by atoms with Crippen LogP contribution in [0.25, 0.3) is 10.7 Å². The molecule has 0 aliphatic heterocycles. The smallest absolute Gasteiger partial charge is 0.230 e. The van der Waals surface area contributed by atoms with Gasteiger partial charge in [0.25, 0.3) is 0 Å². The molecule has 0 aliphatic carbocycles. The predicted molar refractivity (Wildman–Crippen MR) is 84.5 cm³/mol. The number of carbonyl (C=O) groups is 1. The average molecular weight is 336 g/mol. The lowest BCUT2D eigenvalue weighted by Crippen LogP contribution is -2.26. The van der Waals surface area contributed by atoms with E-state index in [4.69, 9.17) is 5.73 Å². The molecule has 0 aromatic carbocycles. The van der Waals surface area contributed by atoms with Crippen molar-refractivity contribution in [1.82, 2.24) is 15.2 Å². The molecule has 1 atom stereocenters. The monoisotopic (exact) mass is 335 g/mol. The minimum absolute atomic E-state index is 0. The van der Waals surface area contributed by atoms with Crippen LogP contribution in [0.15, 0.2) is 24.4 Å². The summed E-state index contributed by atoms with van der Waals surface area (Å²) in [4.78, 5) is 15.8. The first-order valence-electron chi connectivity index (χ1n) is 5.46. The molecule has 0 bridgehead atoms. The molecule has 1 amide bonds. The number of rotatable bonds is 4. The number of pyridine rings is 1. The van der Waals surface area contributed by atoms with Crippen LogP contribution in [-0.2, 0) is 4.79 Å². The fourth-order valence-electron chi connectivity index (χ4n) is 1.20. The van der Waals surface area contributed by atoms with E-state index in [0.29, 0.717) is 16.7 Å². The van der Waals surface area contributed by atoms with Gasteiger partial charge in [-0.2, -0.15) is 0 Å². The van der Waals surface area contributed by atoms with Gasteiger partial charge in [0.05, 0.1) is 0 Å². The van der Waals surface area contributed by atoms with E-state index >= 15 is 0 Å². The van der Waals surface area contributed by atoms with Gasteiger partial charge in [0, 0.05) is 18.7 Å². The first-order chi connectivity index (χ1) is 8.70. The van der Waals surface area contributed by atoms with Gasteiger partial charge < -0.3 is 11.1 Å². The Balaban J connectivity index is 0.00000180. The largest absolute Gasteiger partial charge is 0.330 e. The molecule has 0 saturated heterocycles. The van der Waals surface area contributed by atoms with Crippen molar-refractivity contribution in [3.8, 4) is 10.7 Å². The second-order valence-corrected chi connectivity index (χ2v) is 4.73. The number of halogens is 2. The maximum Gasteiger partial charge on any atom is 0.230 e. The molecule has 0 aliphatic rings. The highest BCUT2D eigenvalue weighted by atomic mass is 35.5. The summed E-state index contributed by atoms with van der Waals surface area (Å²) >= 11 is 1.28. The van der Waals surface area contributed by atoms with Crippen LogP contribution in [0.4, 0.5) is 5.13 Å². The Bertz CT molecular complexity index is 537. The van der Waals surface area contributed by atoms with E-state index in [1.807, 2.05) is 18.2 Å². The van der Waals surface area contributed by atoms with Crippen molar-refractivity contribution >= 4 is 47.2 Å². The topological polar surface area (TPSA) is 93.8 Å². The van der Waals surface area contributed by atoms with E-state index in [-0.39, 0.29) is 36.6 Å². The zero-order valence-corrected chi connectivity index (χ0v) is 13.1. The summed E-state index contributed by atoms with van der Waals surface area (Å²) in [7, 11) is 0. The Labute approximate surface area is 133 Å². The lowest BCUT2D eigenvalue weighted by atomic mass is 10.2. The van der Waals surface area contributed by atoms with Crippen LogP contribution >= 0.6 is 36.2 Å². The molecule has 3 N–H and O–H groups in total. The normalized spacial score (nSPS) is 10.9. The number of hydrogen-bond donors (Lipinski definition) is 2. The summed E-state index contributed by atoms with van der Waals surface area (Å²) in [6, 6.07) is 5.54. The molecule has 110 valence electrons. The molecule has 0 radical (unpaired) electrons. The summed E-state index contributed by atoms with van der Waals surface area (Å²) < 4.78 is 0. The Morgan fingerprint density at radius 2 is 2.15 bits per heavy atom. The Morgan fingerprint density at radius 1 is 1.40 bits per heavy atom. The van der Waals surface area contributed by atoms with Crippen molar-refractivity contribution in [3.63, 3.8) is 0 Å². The van der Waals surface area contributed by atoms with Crippen molar-refractivity contribution in [2.24, 2.45) is 11.7 Å². The predicted octanol–water partition coefficient (Wildman–Crippen LogP) is 1.98. The third-order valence-corrected chi connectivity index (χ3v) is 3.20. The fourth-order valence-corrected chi connectivity index (χ4v) is 1.93. The third-order valence-electron chi connectivity index (χ3n) is 2.34. The maximum atomic E-state index is 11.6. The molecule has 6 nitrogen and oxygen atoms in total. The minimum Gasteiger partial charge on any atom is -0.330 e. The molecule has 0 spiro atoms. The number of carbonyl (C=O) groups excluding carboxylic acids is 1. The van der Waals surface area contributed by atoms with E-state index in [0.717, 1.165) is 5.69 Å².